The maximum absolute atomic E-state index is 15.4. The van der Waals surface area contributed by atoms with Gasteiger partial charge in [0.15, 0.2) is 11.6 Å². The number of carbonyl (C=O) groups excluding carboxylic acids is 1. The van der Waals surface area contributed by atoms with Gasteiger partial charge in [0.2, 0.25) is 5.91 Å². The van der Waals surface area contributed by atoms with E-state index < -0.39 is 12.1 Å². The van der Waals surface area contributed by atoms with Crippen molar-refractivity contribution in [1.82, 2.24) is 19.8 Å². The van der Waals surface area contributed by atoms with Gasteiger partial charge in [-0.15, -0.1) is 0 Å². The molecule has 31 heavy (non-hydrogen) atoms. The summed E-state index contributed by atoms with van der Waals surface area (Å²) in [5.74, 6) is -0.868. The van der Waals surface area contributed by atoms with Crippen LogP contribution in [0.2, 0.25) is 0 Å². The second-order valence-electron chi connectivity index (χ2n) is 7.75. The van der Waals surface area contributed by atoms with Crippen LogP contribution in [-0.2, 0) is 11.2 Å². The molecule has 2 atom stereocenters. The number of H-pyrrole nitrogens is 1. The third-order valence-corrected chi connectivity index (χ3v) is 5.70. The van der Waals surface area contributed by atoms with Crippen molar-refractivity contribution in [2.45, 2.75) is 32.9 Å². The number of halogens is 2. The van der Waals surface area contributed by atoms with Gasteiger partial charge in [0, 0.05) is 24.2 Å². The minimum absolute atomic E-state index is 0.262. The van der Waals surface area contributed by atoms with Crippen LogP contribution >= 0.6 is 0 Å². The number of nitrogens with zero attached hydrogens (tertiary/aromatic N) is 3. The molecule has 0 radical (unpaired) electrons. The lowest BCUT2D eigenvalue weighted by Crippen LogP contribution is -2.15. The smallest absolute Gasteiger partial charge is 0.231 e. The summed E-state index contributed by atoms with van der Waals surface area (Å²) in [7, 11) is 0. The Labute approximate surface area is 176 Å². The van der Waals surface area contributed by atoms with Gasteiger partial charge in [-0.3, -0.25) is 9.89 Å². The number of anilines is 2. The first-order chi connectivity index (χ1) is 15.0. The fourth-order valence-corrected chi connectivity index (χ4v) is 4.07. The summed E-state index contributed by atoms with van der Waals surface area (Å²) in [5.41, 5.74) is 3.98. The molecule has 5 rings (SSSR count). The van der Waals surface area contributed by atoms with E-state index in [1.165, 1.54) is 0 Å². The minimum atomic E-state index is -1.06. The van der Waals surface area contributed by atoms with Crippen LogP contribution in [0.3, 0.4) is 0 Å². The quantitative estimate of drug-likeness (QED) is 0.431. The van der Waals surface area contributed by atoms with Gasteiger partial charge >= 0.3 is 0 Å². The highest BCUT2D eigenvalue weighted by Gasteiger charge is 2.43. The Hall–Kier alpha value is -3.49. The summed E-state index contributed by atoms with van der Waals surface area (Å²) < 4.78 is 30.1. The molecule has 160 valence electrons. The highest BCUT2D eigenvalue weighted by molar-refractivity contribution is 6.03. The van der Waals surface area contributed by atoms with E-state index in [1.807, 2.05) is 26.0 Å². The zero-order chi connectivity index (χ0) is 21.7. The highest BCUT2D eigenvalue weighted by atomic mass is 19.1. The van der Waals surface area contributed by atoms with Crippen LogP contribution in [0.5, 0.6) is 0 Å². The van der Waals surface area contributed by atoms with E-state index in [1.54, 1.807) is 23.0 Å². The molecule has 1 fully saturated rings. The summed E-state index contributed by atoms with van der Waals surface area (Å²) in [6, 6.07) is 5.47. The number of carbonyl (C=O) groups is 1. The van der Waals surface area contributed by atoms with Crippen molar-refractivity contribution in [2.24, 2.45) is 5.92 Å². The third kappa shape index (κ3) is 3.20. The first kappa shape index (κ1) is 19.5. The molecule has 0 saturated heterocycles. The van der Waals surface area contributed by atoms with Crippen molar-refractivity contribution in [1.29, 1.82) is 0 Å². The molecule has 1 aliphatic carbocycles. The monoisotopic (exact) mass is 424 g/mol. The van der Waals surface area contributed by atoms with E-state index in [4.69, 9.17) is 0 Å². The van der Waals surface area contributed by atoms with Gasteiger partial charge in [-0.1, -0.05) is 6.92 Å². The van der Waals surface area contributed by atoms with Gasteiger partial charge in [0.05, 0.1) is 28.8 Å². The molecular weight excluding hydrogens is 402 g/mol. The Morgan fingerprint density at radius 3 is 2.87 bits per heavy atom. The zero-order valence-corrected chi connectivity index (χ0v) is 17.2. The fraction of sp³-hybridized carbons (Fsp3) is 0.318. The van der Waals surface area contributed by atoms with Crippen LogP contribution in [0, 0.1) is 11.7 Å². The Morgan fingerprint density at radius 2 is 2.16 bits per heavy atom. The van der Waals surface area contributed by atoms with Crippen LogP contribution in [0.4, 0.5) is 20.3 Å². The molecule has 1 amide bonds. The summed E-state index contributed by atoms with van der Waals surface area (Å²) >= 11 is 0. The topological polar surface area (TPSA) is 87.1 Å². The predicted octanol–water partition coefficient (Wildman–Crippen LogP) is 4.31. The summed E-state index contributed by atoms with van der Waals surface area (Å²) in [6.07, 6.45) is 3.18. The van der Waals surface area contributed by atoms with Crippen LogP contribution in [0.1, 0.15) is 25.8 Å². The molecule has 4 aromatic rings. The van der Waals surface area contributed by atoms with E-state index >= 15 is 4.39 Å². The predicted molar refractivity (Wildman–Crippen MR) is 115 cm³/mol. The van der Waals surface area contributed by atoms with Gasteiger partial charge in [-0.05, 0) is 48.6 Å². The van der Waals surface area contributed by atoms with Crippen molar-refractivity contribution in [3.63, 3.8) is 0 Å². The lowest BCUT2D eigenvalue weighted by atomic mass is 9.93. The van der Waals surface area contributed by atoms with Crippen LogP contribution in [0.15, 0.2) is 30.6 Å². The number of benzene rings is 1. The molecule has 1 aromatic carbocycles. The average molecular weight is 424 g/mol. The minimum Gasteiger partial charge on any atom is -0.381 e. The number of aromatic amines is 1. The highest BCUT2D eigenvalue weighted by Crippen LogP contribution is 2.39. The molecule has 9 heteroatoms. The molecule has 0 spiro atoms. The van der Waals surface area contributed by atoms with Crippen molar-refractivity contribution in [2.75, 3.05) is 17.2 Å². The average Bonchev–Trinajstić information content (AvgIpc) is 3.13. The summed E-state index contributed by atoms with van der Waals surface area (Å²) in [6.45, 7) is 4.43. The van der Waals surface area contributed by atoms with Crippen LogP contribution in [0.25, 0.3) is 27.5 Å². The summed E-state index contributed by atoms with van der Waals surface area (Å²) in [5, 5.41) is 18.0. The van der Waals surface area contributed by atoms with Crippen LogP contribution < -0.4 is 10.6 Å². The number of alkyl halides is 1. The van der Waals surface area contributed by atoms with Gasteiger partial charge in [-0.2, -0.15) is 10.2 Å². The molecule has 0 bridgehead atoms. The number of fused-ring (bicyclic) bond motifs is 2. The maximum Gasteiger partial charge on any atom is 0.231 e. The second-order valence-corrected chi connectivity index (χ2v) is 7.75. The molecule has 7 nitrogen and oxygen atoms in total. The molecule has 2 unspecified atom stereocenters. The summed E-state index contributed by atoms with van der Waals surface area (Å²) in [4.78, 5) is 12.0. The molecule has 1 saturated carbocycles. The third-order valence-electron chi connectivity index (χ3n) is 5.70. The van der Waals surface area contributed by atoms with Gasteiger partial charge in [-0.25, -0.2) is 13.3 Å². The number of rotatable bonds is 6. The first-order valence-electron chi connectivity index (χ1n) is 10.4. The van der Waals surface area contributed by atoms with E-state index in [-0.39, 0.29) is 18.1 Å². The number of pyridine rings is 1. The number of amides is 1. The Balaban J connectivity index is 1.60. The first-order valence-corrected chi connectivity index (χ1v) is 10.4. The van der Waals surface area contributed by atoms with Crippen molar-refractivity contribution in [3.8, 4) is 11.1 Å². The van der Waals surface area contributed by atoms with E-state index in [9.17, 15) is 9.18 Å². The number of nitrogens with one attached hydrogen (secondary N) is 3. The molecule has 3 N–H and O–H groups in total. The molecule has 3 aromatic heterocycles. The second kappa shape index (κ2) is 7.33. The van der Waals surface area contributed by atoms with E-state index in [2.05, 4.69) is 25.9 Å². The van der Waals surface area contributed by atoms with Crippen molar-refractivity contribution in [3.05, 3.63) is 42.0 Å². The Morgan fingerprint density at radius 1 is 1.35 bits per heavy atom. The zero-order valence-electron chi connectivity index (χ0n) is 17.2. The Bertz CT molecular complexity index is 1310. The largest absolute Gasteiger partial charge is 0.381 e. The normalized spacial score (nSPS) is 17.9. The maximum atomic E-state index is 15.4. The van der Waals surface area contributed by atoms with Crippen molar-refractivity contribution >= 4 is 33.8 Å². The molecular formula is C22H22F2N6O. The molecule has 1 aliphatic rings. The fourth-order valence-electron chi connectivity index (χ4n) is 4.07. The standard InChI is InChI=1S/C22H22F2N6O/c1-3-13-18(15-10-26-28-20(15)21(19(13)24)25-4-2)11-5-6-30-12(7-11)8-17(29-30)27-22(31)14-9-16(14)23/h5-8,10,14,16,25H,3-4,9H2,1-2H3,(H,26,28)(H,27,29,31). The number of aromatic nitrogens is 4. The lowest BCUT2D eigenvalue weighted by Gasteiger charge is -2.16. The molecule has 3 heterocycles. The van der Waals surface area contributed by atoms with Crippen molar-refractivity contribution < 1.29 is 13.6 Å². The van der Waals surface area contributed by atoms with Gasteiger partial charge in [0.25, 0.3) is 0 Å². The van der Waals surface area contributed by atoms with E-state index in [0.29, 0.717) is 35.6 Å². The lowest BCUT2D eigenvalue weighted by molar-refractivity contribution is -0.117. The van der Waals surface area contributed by atoms with E-state index in [0.717, 1.165) is 22.0 Å². The van der Waals surface area contributed by atoms with Gasteiger partial charge < -0.3 is 10.6 Å². The SMILES string of the molecule is CCNc1c(F)c(CC)c(-c2ccn3nc(NC(=O)C4CC4F)cc3c2)c2cn[nH]c12. The van der Waals surface area contributed by atoms with Gasteiger partial charge in [0.1, 0.15) is 6.17 Å². The Kier molecular flexibility index (Phi) is 4.60. The number of hydrogen-bond donors (Lipinski definition) is 3. The van der Waals surface area contributed by atoms with Crippen LogP contribution in [-0.4, -0.2) is 38.4 Å². The molecule has 0 aliphatic heterocycles. The number of hydrogen-bond acceptors (Lipinski definition) is 4.